The monoisotopic (exact) mass is 257 g/mol. The molecule has 0 unspecified atom stereocenters. The third kappa shape index (κ3) is 3.22. The fourth-order valence-electron chi connectivity index (χ4n) is 1.74. The van der Waals surface area contributed by atoms with Gasteiger partial charge in [0.1, 0.15) is 11.5 Å². The van der Waals surface area contributed by atoms with Crippen molar-refractivity contribution >= 4 is 23.5 Å². The van der Waals surface area contributed by atoms with Crippen molar-refractivity contribution in [1.29, 1.82) is 0 Å². The maximum atomic E-state index is 5.70. The predicted molar refractivity (Wildman–Crippen MR) is 73.1 cm³/mol. The van der Waals surface area contributed by atoms with Crippen molar-refractivity contribution in [2.45, 2.75) is 29.9 Å². The summed E-state index contributed by atoms with van der Waals surface area (Å²) in [7, 11) is 0. The van der Waals surface area contributed by atoms with E-state index in [-0.39, 0.29) is 0 Å². The van der Waals surface area contributed by atoms with Gasteiger partial charge in [-0.15, -0.1) is 0 Å². The average Bonchev–Trinajstić information content (AvgIpc) is 2.94. The molecule has 90 valence electrons. The highest BCUT2D eigenvalue weighted by atomic mass is 32.2. The first-order valence-corrected chi connectivity index (χ1v) is 8.22. The minimum Gasteiger partial charge on any atom is -0.464 e. The lowest BCUT2D eigenvalue weighted by atomic mass is 10.4. The predicted octanol–water partition coefficient (Wildman–Crippen LogP) is 3.13. The van der Waals surface area contributed by atoms with Gasteiger partial charge in [0, 0.05) is 11.3 Å². The molecule has 1 heterocycles. The van der Waals surface area contributed by atoms with Gasteiger partial charge in [-0.25, -0.2) is 0 Å². The molecule has 0 aliphatic heterocycles. The smallest absolute Gasteiger partial charge is 0.118 e. The molecule has 1 fully saturated rings. The zero-order chi connectivity index (χ0) is 11.4. The summed E-state index contributed by atoms with van der Waals surface area (Å²) in [5.41, 5.74) is 0. The fourth-order valence-corrected chi connectivity index (χ4v) is 2.94. The number of rotatable bonds is 7. The quantitative estimate of drug-likeness (QED) is 0.811. The van der Waals surface area contributed by atoms with E-state index in [1.165, 1.54) is 12.8 Å². The lowest BCUT2D eigenvalue weighted by Gasteiger charge is -2.11. The van der Waals surface area contributed by atoms with Crippen molar-refractivity contribution in [3.8, 4) is 0 Å². The summed E-state index contributed by atoms with van der Waals surface area (Å²) in [5.74, 6) is 3.10. The highest BCUT2D eigenvalue weighted by Gasteiger charge is 2.41. The SMILES string of the molecule is CSCc1ccc(CNCC2(SC)CC2)o1. The van der Waals surface area contributed by atoms with Gasteiger partial charge >= 0.3 is 0 Å². The summed E-state index contributed by atoms with van der Waals surface area (Å²) < 4.78 is 6.24. The Labute approximate surface area is 106 Å². The zero-order valence-electron chi connectivity index (χ0n) is 9.91. The number of furan rings is 1. The second-order valence-electron chi connectivity index (χ2n) is 4.29. The van der Waals surface area contributed by atoms with E-state index in [4.69, 9.17) is 4.42 Å². The van der Waals surface area contributed by atoms with E-state index in [2.05, 4.69) is 30.0 Å². The van der Waals surface area contributed by atoms with Crippen LogP contribution in [-0.4, -0.2) is 23.8 Å². The highest BCUT2D eigenvalue weighted by molar-refractivity contribution is 8.00. The molecule has 2 nitrogen and oxygen atoms in total. The second kappa shape index (κ2) is 5.52. The van der Waals surface area contributed by atoms with Gasteiger partial charge in [-0.2, -0.15) is 23.5 Å². The fraction of sp³-hybridized carbons (Fsp3) is 0.667. The van der Waals surface area contributed by atoms with E-state index in [0.717, 1.165) is 30.4 Å². The molecule has 2 rings (SSSR count). The van der Waals surface area contributed by atoms with E-state index >= 15 is 0 Å². The van der Waals surface area contributed by atoms with Crippen molar-refractivity contribution in [3.63, 3.8) is 0 Å². The van der Waals surface area contributed by atoms with Crippen LogP contribution in [0.2, 0.25) is 0 Å². The maximum absolute atomic E-state index is 5.70. The zero-order valence-corrected chi connectivity index (χ0v) is 11.5. The molecule has 1 aromatic rings. The number of hydrogen-bond acceptors (Lipinski definition) is 4. The molecule has 1 saturated carbocycles. The van der Waals surface area contributed by atoms with Gasteiger partial charge in [-0.3, -0.25) is 0 Å². The van der Waals surface area contributed by atoms with Gasteiger partial charge in [0.25, 0.3) is 0 Å². The molecule has 0 bridgehead atoms. The maximum Gasteiger partial charge on any atom is 0.118 e. The van der Waals surface area contributed by atoms with E-state index in [1.807, 2.05) is 11.8 Å². The third-order valence-corrected chi connectivity index (χ3v) is 4.98. The molecule has 1 aliphatic carbocycles. The Morgan fingerprint density at radius 3 is 2.69 bits per heavy atom. The number of hydrogen-bond donors (Lipinski definition) is 1. The lowest BCUT2D eigenvalue weighted by molar-refractivity contribution is 0.459. The summed E-state index contributed by atoms with van der Waals surface area (Å²) >= 11 is 3.78. The average molecular weight is 257 g/mol. The summed E-state index contributed by atoms with van der Waals surface area (Å²) in [6.45, 7) is 1.96. The molecule has 0 amide bonds. The molecule has 0 atom stereocenters. The third-order valence-electron chi connectivity index (χ3n) is 2.99. The molecule has 0 spiro atoms. The first-order chi connectivity index (χ1) is 7.78. The van der Waals surface area contributed by atoms with Crippen molar-refractivity contribution < 1.29 is 4.42 Å². The van der Waals surface area contributed by atoms with Crippen molar-refractivity contribution in [2.75, 3.05) is 19.1 Å². The van der Waals surface area contributed by atoms with Gasteiger partial charge in [0.05, 0.1) is 12.3 Å². The van der Waals surface area contributed by atoms with Crippen LogP contribution in [0, 0.1) is 0 Å². The van der Waals surface area contributed by atoms with Crippen LogP contribution in [-0.2, 0) is 12.3 Å². The molecule has 0 aromatic carbocycles. The van der Waals surface area contributed by atoms with Gasteiger partial charge < -0.3 is 9.73 Å². The first-order valence-electron chi connectivity index (χ1n) is 5.60. The highest BCUT2D eigenvalue weighted by Crippen LogP contribution is 2.46. The summed E-state index contributed by atoms with van der Waals surface area (Å²) in [6.07, 6.45) is 7.02. The molecule has 0 radical (unpaired) electrons. The molecule has 16 heavy (non-hydrogen) atoms. The number of nitrogens with one attached hydrogen (secondary N) is 1. The van der Waals surface area contributed by atoms with E-state index in [0.29, 0.717) is 4.75 Å². The minimum atomic E-state index is 0.536. The van der Waals surface area contributed by atoms with Crippen LogP contribution in [0.15, 0.2) is 16.5 Å². The Bertz CT molecular complexity index is 334. The van der Waals surface area contributed by atoms with E-state index in [9.17, 15) is 0 Å². The van der Waals surface area contributed by atoms with Crippen LogP contribution in [0.3, 0.4) is 0 Å². The lowest BCUT2D eigenvalue weighted by Crippen LogP contribution is -2.25. The summed E-state index contributed by atoms with van der Waals surface area (Å²) in [6, 6.07) is 4.16. The van der Waals surface area contributed by atoms with Crippen molar-refractivity contribution in [2.24, 2.45) is 0 Å². The van der Waals surface area contributed by atoms with Gasteiger partial charge in [-0.05, 0) is 37.5 Å². The molecule has 0 saturated heterocycles. The Morgan fingerprint density at radius 2 is 2.06 bits per heavy atom. The summed E-state index contributed by atoms with van der Waals surface area (Å²) in [5, 5.41) is 3.49. The molecule has 1 aliphatic rings. The standard InChI is InChI=1S/C12H19NOS2/c1-15-8-11-4-3-10(14-11)7-13-9-12(16-2)5-6-12/h3-4,13H,5-9H2,1-2H3. The minimum absolute atomic E-state index is 0.536. The normalized spacial score (nSPS) is 17.6. The Balaban J connectivity index is 1.72. The van der Waals surface area contributed by atoms with E-state index in [1.54, 1.807) is 11.8 Å². The molecule has 4 heteroatoms. The van der Waals surface area contributed by atoms with Crippen LogP contribution in [0.4, 0.5) is 0 Å². The van der Waals surface area contributed by atoms with Crippen molar-refractivity contribution in [3.05, 3.63) is 23.7 Å². The molecular weight excluding hydrogens is 238 g/mol. The molecule has 1 aromatic heterocycles. The molecule has 1 N–H and O–H groups in total. The van der Waals surface area contributed by atoms with Crippen molar-refractivity contribution in [1.82, 2.24) is 5.32 Å². The summed E-state index contributed by atoms with van der Waals surface area (Å²) in [4.78, 5) is 0. The van der Waals surface area contributed by atoms with Gasteiger partial charge in [0.15, 0.2) is 0 Å². The van der Waals surface area contributed by atoms with E-state index < -0.39 is 0 Å². The van der Waals surface area contributed by atoms with Crippen LogP contribution >= 0.6 is 23.5 Å². The molecular formula is C12H19NOS2. The Morgan fingerprint density at radius 1 is 1.31 bits per heavy atom. The van der Waals surface area contributed by atoms with Crippen LogP contribution < -0.4 is 5.32 Å². The largest absolute Gasteiger partial charge is 0.464 e. The van der Waals surface area contributed by atoms with Crippen LogP contribution in [0.1, 0.15) is 24.4 Å². The topological polar surface area (TPSA) is 25.2 Å². The van der Waals surface area contributed by atoms with Crippen LogP contribution in [0.25, 0.3) is 0 Å². The first kappa shape index (κ1) is 12.4. The van der Waals surface area contributed by atoms with Crippen LogP contribution in [0.5, 0.6) is 0 Å². The Kier molecular flexibility index (Phi) is 4.27. The second-order valence-corrected chi connectivity index (χ2v) is 6.43. The number of thioether (sulfide) groups is 2. The van der Waals surface area contributed by atoms with Gasteiger partial charge in [0.2, 0.25) is 0 Å². The Hall–Kier alpha value is -0.0600. The van der Waals surface area contributed by atoms with Gasteiger partial charge in [-0.1, -0.05) is 0 Å².